The molecule has 6 nitrogen and oxygen atoms in total. The zero-order valence-electron chi connectivity index (χ0n) is 12.5. The summed E-state index contributed by atoms with van der Waals surface area (Å²) >= 11 is 0. The Morgan fingerprint density at radius 3 is 2.85 bits per heavy atom. The molecule has 1 aromatic rings. The SMILES string of the molecule is CCNC1CCCN(c2ccc(C(=O)N(C)C)nn2)C1. The average Bonchev–Trinajstić information content (AvgIpc) is 2.47. The highest BCUT2D eigenvalue weighted by Gasteiger charge is 2.20. The molecule has 0 aromatic carbocycles. The quantitative estimate of drug-likeness (QED) is 0.880. The van der Waals surface area contributed by atoms with Crippen LogP contribution >= 0.6 is 0 Å². The largest absolute Gasteiger partial charge is 0.354 e. The molecule has 6 heteroatoms. The second-order valence-electron chi connectivity index (χ2n) is 5.32. The molecule has 0 saturated carbocycles. The van der Waals surface area contributed by atoms with Gasteiger partial charge in [-0.25, -0.2) is 0 Å². The highest BCUT2D eigenvalue weighted by atomic mass is 16.2. The minimum Gasteiger partial charge on any atom is -0.354 e. The number of hydrogen-bond donors (Lipinski definition) is 1. The molecule has 1 fully saturated rings. The van der Waals surface area contributed by atoms with Gasteiger partial charge >= 0.3 is 0 Å². The van der Waals surface area contributed by atoms with Crippen molar-refractivity contribution in [2.45, 2.75) is 25.8 Å². The van der Waals surface area contributed by atoms with E-state index < -0.39 is 0 Å². The first-order chi connectivity index (χ1) is 9.61. The third-order valence-electron chi connectivity index (χ3n) is 3.51. The van der Waals surface area contributed by atoms with Gasteiger partial charge in [0.05, 0.1) is 0 Å². The van der Waals surface area contributed by atoms with Gasteiger partial charge in [0, 0.05) is 33.2 Å². The number of amides is 1. The van der Waals surface area contributed by atoms with E-state index in [9.17, 15) is 4.79 Å². The van der Waals surface area contributed by atoms with E-state index in [4.69, 9.17) is 0 Å². The summed E-state index contributed by atoms with van der Waals surface area (Å²) in [5.74, 6) is 0.733. The maximum atomic E-state index is 11.8. The molecule has 1 unspecified atom stereocenters. The van der Waals surface area contributed by atoms with Crippen molar-refractivity contribution in [3.63, 3.8) is 0 Å². The zero-order valence-corrected chi connectivity index (χ0v) is 12.5. The molecule has 2 rings (SSSR count). The molecule has 0 bridgehead atoms. The molecule has 0 radical (unpaired) electrons. The van der Waals surface area contributed by atoms with Gasteiger partial charge in [-0.05, 0) is 31.5 Å². The summed E-state index contributed by atoms with van der Waals surface area (Å²) in [5.41, 5.74) is 0.388. The molecule has 2 heterocycles. The Morgan fingerprint density at radius 2 is 2.25 bits per heavy atom. The van der Waals surface area contributed by atoms with Crippen LogP contribution in [-0.2, 0) is 0 Å². The van der Waals surface area contributed by atoms with E-state index in [0.29, 0.717) is 11.7 Å². The molecule has 1 aliphatic heterocycles. The van der Waals surface area contributed by atoms with Crippen molar-refractivity contribution in [3.05, 3.63) is 17.8 Å². The predicted octanol–water partition coefficient (Wildman–Crippen LogP) is 0.757. The standard InChI is InChI=1S/C14H23N5O/c1-4-15-11-6-5-9-19(10-11)13-8-7-12(16-17-13)14(20)18(2)3/h7-8,11,15H,4-6,9-10H2,1-3H3. The van der Waals surface area contributed by atoms with E-state index in [1.54, 1.807) is 20.2 Å². The second-order valence-corrected chi connectivity index (χ2v) is 5.32. The van der Waals surface area contributed by atoms with Crippen LogP contribution < -0.4 is 10.2 Å². The Hall–Kier alpha value is -1.69. The Labute approximate surface area is 120 Å². The first-order valence-electron chi connectivity index (χ1n) is 7.15. The molecule has 1 N–H and O–H groups in total. The van der Waals surface area contributed by atoms with E-state index >= 15 is 0 Å². The van der Waals surface area contributed by atoms with Gasteiger partial charge in [-0.3, -0.25) is 4.79 Å². The van der Waals surface area contributed by atoms with Gasteiger partial charge in [0.2, 0.25) is 0 Å². The van der Waals surface area contributed by atoms with Gasteiger partial charge in [0.15, 0.2) is 11.5 Å². The minimum absolute atomic E-state index is 0.117. The summed E-state index contributed by atoms with van der Waals surface area (Å²) in [6.07, 6.45) is 2.35. The maximum absolute atomic E-state index is 11.8. The summed E-state index contributed by atoms with van der Waals surface area (Å²) in [5, 5.41) is 11.7. The summed E-state index contributed by atoms with van der Waals surface area (Å²) in [4.78, 5) is 15.5. The van der Waals surface area contributed by atoms with Crippen LogP contribution in [0.3, 0.4) is 0 Å². The lowest BCUT2D eigenvalue weighted by molar-refractivity contribution is 0.0821. The molecular formula is C14H23N5O. The molecule has 1 aromatic heterocycles. The number of likely N-dealkylation sites (N-methyl/N-ethyl adjacent to an activating group) is 1. The topological polar surface area (TPSA) is 61.4 Å². The summed E-state index contributed by atoms with van der Waals surface area (Å²) in [7, 11) is 3.42. The van der Waals surface area contributed by atoms with Crippen LogP contribution in [-0.4, -0.2) is 60.8 Å². The van der Waals surface area contributed by atoms with E-state index in [-0.39, 0.29) is 5.91 Å². The van der Waals surface area contributed by atoms with E-state index in [2.05, 4.69) is 27.3 Å². The van der Waals surface area contributed by atoms with Gasteiger partial charge in [-0.2, -0.15) is 0 Å². The molecule has 20 heavy (non-hydrogen) atoms. The average molecular weight is 277 g/mol. The fourth-order valence-electron chi connectivity index (χ4n) is 2.48. The Bertz CT molecular complexity index is 443. The number of carbonyl (C=O) groups is 1. The third kappa shape index (κ3) is 3.45. The molecule has 0 spiro atoms. The summed E-state index contributed by atoms with van der Waals surface area (Å²) < 4.78 is 0. The van der Waals surface area contributed by atoms with Crippen LogP contribution in [0.5, 0.6) is 0 Å². The van der Waals surface area contributed by atoms with E-state index in [0.717, 1.165) is 31.9 Å². The zero-order chi connectivity index (χ0) is 14.5. The van der Waals surface area contributed by atoms with Gasteiger partial charge < -0.3 is 15.1 Å². The van der Waals surface area contributed by atoms with Crippen LogP contribution in [0.2, 0.25) is 0 Å². The van der Waals surface area contributed by atoms with Crippen LogP contribution in [0.4, 0.5) is 5.82 Å². The smallest absolute Gasteiger partial charge is 0.273 e. The number of rotatable bonds is 4. The number of anilines is 1. The van der Waals surface area contributed by atoms with E-state index in [1.807, 2.05) is 6.07 Å². The second kappa shape index (κ2) is 6.65. The normalized spacial score (nSPS) is 18.9. The van der Waals surface area contributed by atoms with Crippen molar-refractivity contribution in [1.29, 1.82) is 0 Å². The number of hydrogen-bond acceptors (Lipinski definition) is 5. The lowest BCUT2D eigenvalue weighted by Crippen LogP contribution is -2.46. The Morgan fingerprint density at radius 1 is 1.45 bits per heavy atom. The molecule has 1 amide bonds. The first-order valence-corrected chi connectivity index (χ1v) is 7.15. The molecule has 1 atom stereocenters. The van der Waals surface area contributed by atoms with Crippen molar-refractivity contribution < 1.29 is 4.79 Å². The minimum atomic E-state index is -0.117. The third-order valence-corrected chi connectivity index (χ3v) is 3.51. The number of nitrogens with one attached hydrogen (secondary N) is 1. The molecular weight excluding hydrogens is 254 g/mol. The fraction of sp³-hybridized carbons (Fsp3) is 0.643. The van der Waals surface area contributed by atoms with Gasteiger partial charge in [0.25, 0.3) is 5.91 Å². The highest BCUT2D eigenvalue weighted by molar-refractivity contribution is 5.91. The van der Waals surface area contributed by atoms with Crippen LogP contribution in [0.15, 0.2) is 12.1 Å². The summed E-state index contributed by atoms with van der Waals surface area (Å²) in [6, 6.07) is 4.15. The fourth-order valence-corrected chi connectivity index (χ4v) is 2.48. The number of carbonyl (C=O) groups excluding carboxylic acids is 1. The predicted molar refractivity (Wildman–Crippen MR) is 79.0 cm³/mol. The van der Waals surface area contributed by atoms with Gasteiger partial charge in [-0.1, -0.05) is 6.92 Å². The Balaban J connectivity index is 2.04. The number of aromatic nitrogens is 2. The Kier molecular flexibility index (Phi) is 4.89. The van der Waals surface area contributed by atoms with Crippen molar-refractivity contribution >= 4 is 11.7 Å². The van der Waals surface area contributed by atoms with Crippen LogP contribution in [0.25, 0.3) is 0 Å². The van der Waals surface area contributed by atoms with Crippen molar-refractivity contribution in [3.8, 4) is 0 Å². The van der Waals surface area contributed by atoms with Crippen LogP contribution in [0, 0.1) is 0 Å². The van der Waals surface area contributed by atoms with Crippen molar-refractivity contribution in [2.75, 3.05) is 38.6 Å². The maximum Gasteiger partial charge on any atom is 0.273 e. The molecule has 1 aliphatic rings. The first kappa shape index (κ1) is 14.7. The highest BCUT2D eigenvalue weighted by Crippen LogP contribution is 2.17. The van der Waals surface area contributed by atoms with Crippen molar-refractivity contribution in [1.82, 2.24) is 20.4 Å². The lowest BCUT2D eigenvalue weighted by Gasteiger charge is -2.33. The van der Waals surface area contributed by atoms with Gasteiger partial charge in [0.1, 0.15) is 0 Å². The van der Waals surface area contributed by atoms with Gasteiger partial charge in [-0.15, -0.1) is 10.2 Å². The summed E-state index contributed by atoms with van der Waals surface area (Å²) in [6.45, 7) is 5.06. The van der Waals surface area contributed by atoms with E-state index in [1.165, 1.54) is 11.3 Å². The monoisotopic (exact) mass is 277 g/mol. The van der Waals surface area contributed by atoms with Crippen LogP contribution in [0.1, 0.15) is 30.3 Å². The molecule has 0 aliphatic carbocycles. The lowest BCUT2D eigenvalue weighted by atomic mass is 10.1. The van der Waals surface area contributed by atoms with Crippen molar-refractivity contribution in [2.24, 2.45) is 0 Å². The molecule has 1 saturated heterocycles. The number of piperidine rings is 1. The number of nitrogens with zero attached hydrogens (tertiary/aromatic N) is 4. The molecule has 110 valence electrons.